The van der Waals surface area contributed by atoms with Crippen LogP contribution >= 0.6 is 11.6 Å². The molecule has 2 aromatic rings. The number of benzene rings is 2. The summed E-state index contributed by atoms with van der Waals surface area (Å²) in [5, 5.41) is 3.18. The van der Waals surface area contributed by atoms with Gasteiger partial charge in [-0.2, -0.15) is 0 Å². The monoisotopic (exact) mass is 397 g/mol. The summed E-state index contributed by atoms with van der Waals surface area (Å²) in [6.07, 6.45) is 0. The Labute approximate surface area is 165 Å². The molecule has 2 aliphatic rings. The molecule has 0 radical (unpaired) electrons. The summed E-state index contributed by atoms with van der Waals surface area (Å²) in [6, 6.07) is 12.3. The van der Waals surface area contributed by atoms with Crippen molar-refractivity contribution in [3.05, 3.63) is 70.2 Å². The van der Waals surface area contributed by atoms with Crippen LogP contribution in [-0.2, 0) is 9.59 Å². The first-order valence-electron chi connectivity index (χ1n) is 8.75. The molecule has 28 heavy (non-hydrogen) atoms. The Morgan fingerprint density at radius 1 is 1.04 bits per heavy atom. The van der Waals surface area contributed by atoms with Crippen molar-refractivity contribution in [1.82, 2.24) is 15.1 Å². The summed E-state index contributed by atoms with van der Waals surface area (Å²) in [5.74, 6) is -1.82. The summed E-state index contributed by atoms with van der Waals surface area (Å²) in [5.41, 5.74) is 1.13. The molecule has 1 unspecified atom stereocenters. The van der Waals surface area contributed by atoms with Crippen LogP contribution in [-0.4, -0.2) is 53.1 Å². The summed E-state index contributed by atoms with van der Waals surface area (Å²) in [7, 11) is 0. The number of nitrogens with one attached hydrogen (secondary N) is 1. The third-order valence-electron chi connectivity index (χ3n) is 4.87. The van der Waals surface area contributed by atoms with Gasteiger partial charge in [-0.05, 0) is 29.8 Å². The van der Waals surface area contributed by atoms with Gasteiger partial charge in [0, 0.05) is 18.1 Å². The Morgan fingerprint density at radius 2 is 1.71 bits per heavy atom. The van der Waals surface area contributed by atoms with Crippen LogP contribution in [0.15, 0.2) is 48.5 Å². The number of hydrogen-bond donors (Lipinski definition) is 1. The fourth-order valence-corrected chi connectivity index (χ4v) is 3.75. The third-order valence-corrected chi connectivity index (χ3v) is 5.10. The fourth-order valence-electron chi connectivity index (χ4n) is 3.55. The van der Waals surface area contributed by atoms with Crippen LogP contribution in [0.1, 0.15) is 32.3 Å². The van der Waals surface area contributed by atoms with Crippen molar-refractivity contribution in [3.8, 4) is 0 Å². The van der Waals surface area contributed by atoms with Gasteiger partial charge in [-0.1, -0.05) is 35.9 Å². The molecule has 0 aromatic heterocycles. The van der Waals surface area contributed by atoms with Gasteiger partial charge in [-0.15, -0.1) is 0 Å². The zero-order chi connectivity index (χ0) is 19.8. The van der Waals surface area contributed by atoms with Crippen LogP contribution in [0, 0.1) is 0 Å². The van der Waals surface area contributed by atoms with E-state index in [9.17, 15) is 19.2 Å². The van der Waals surface area contributed by atoms with Crippen LogP contribution in [0.5, 0.6) is 0 Å². The maximum Gasteiger partial charge on any atom is 0.262 e. The molecule has 4 amide bonds. The maximum absolute atomic E-state index is 13.0. The first-order chi connectivity index (χ1) is 13.5. The number of imide groups is 1. The van der Waals surface area contributed by atoms with Crippen molar-refractivity contribution in [1.29, 1.82) is 0 Å². The molecule has 1 fully saturated rings. The van der Waals surface area contributed by atoms with Gasteiger partial charge in [0.25, 0.3) is 11.8 Å². The first kappa shape index (κ1) is 18.2. The Bertz CT molecular complexity index is 971. The molecule has 2 aromatic carbocycles. The van der Waals surface area contributed by atoms with E-state index < -0.39 is 30.3 Å². The van der Waals surface area contributed by atoms with Crippen molar-refractivity contribution in [2.45, 2.75) is 6.04 Å². The lowest BCUT2D eigenvalue weighted by molar-refractivity contribution is -0.143. The molecule has 0 spiro atoms. The van der Waals surface area contributed by atoms with Crippen LogP contribution in [0.25, 0.3) is 0 Å². The van der Waals surface area contributed by atoms with Gasteiger partial charge in [-0.25, -0.2) is 0 Å². The number of piperazine rings is 1. The van der Waals surface area contributed by atoms with Crippen molar-refractivity contribution in [2.75, 3.05) is 19.6 Å². The molecule has 2 heterocycles. The molecule has 7 nitrogen and oxygen atoms in total. The standard InChI is InChI=1S/C20H16ClN3O4/c21-13-5-3-4-12(10-13)17-18(26)22-8-9-23(17)16(25)11-24-19(27)14-6-1-2-7-15(14)20(24)28/h1-7,10,17H,8-9,11H2,(H,22,26). The van der Waals surface area contributed by atoms with Gasteiger partial charge >= 0.3 is 0 Å². The highest BCUT2D eigenvalue weighted by molar-refractivity contribution is 6.30. The van der Waals surface area contributed by atoms with E-state index in [1.165, 1.54) is 4.90 Å². The zero-order valence-electron chi connectivity index (χ0n) is 14.7. The molecule has 1 N–H and O–H groups in total. The molecule has 142 valence electrons. The van der Waals surface area contributed by atoms with E-state index in [0.29, 0.717) is 17.1 Å². The van der Waals surface area contributed by atoms with Crippen molar-refractivity contribution in [3.63, 3.8) is 0 Å². The summed E-state index contributed by atoms with van der Waals surface area (Å²) >= 11 is 6.03. The second kappa shape index (κ2) is 7.09. The molecule has 1 atom stereocenters. The largest absolute Gasteiger partial charge is 0.352 e. The van der Waals surface area contributed by atoms with Crippen LogP contribution in [0.4, 0.5) is 0 Å². The molecule has 0 bridgehead atoms. The predicted molar refractivity (Wildman–Crippen MR) is 101 cm³/mol. The van der Waals surface area contributed by atoms with E-state index in [4.69, 9.17) is 11.6 Å². The summed E-state index contributed by atoms with van der Waals surface area (Å²) in [4.78, 5) is 52.8. The van der Waals surface area contributed by atoms with E-state index in [0.717, 1.165) is 4.90 Å². The molecule has 0 saturated carbocycles. The fraction of sp³-hybridized carbons (Fsp3) is 0.200. The molecule has 4 rings (SSSR count). The van der Waals surface area contributed by atoms with E-state index in [-0.39, 0.29) is 23.6 Å². The van der Waals surface area contributed by atoms with Crippen LogP contribution < -0.4 is 5.32 Å². The number of nitrogens with zero attached hydrogens (tertiary/aromatic N) is 2. The molecule has 2 aliphatic heterocycles. The molecular formula is C20H16ClN3O4. The smallest absolute Gasteiger partial charge is 0.262 e. The summed E-state index contributed by atoms with van der Waals surface area (Å²) < 4.78 is 0. The van der Waals surface area contributed by atoms with E-state index in [2.05, 4.69) is 5.32 Å². The van der Waals surface area contributed by atoms with E-state index in [1.54, 1.807) is 48.5 Å². The molecular weight excluding hydrogens is 382 g/mol. The Balaban J connectivity index is 1.59. The SMILES string of the molecule is O=C1NCCN(C(=O)CN2C(=O)c3ccccc3C2=O)C1c1cccc(Cl)c1. The molecule has 8 heteroatoms. The van der Waals surface area contributed by atoms with Crippen molar-refractivity contribution >= 4 is 35.2 Å². The van der Waals surface area contributed by atoms with E-state index >= 15 is 0 Å². The highest BCUT2D eigenvalue weighted by Crippen LogP contribution is 2.27. The zero-order valence-corrected chi connectivity index (χ0v) is 15.5. The van der Waals surface area contributed by atoms with Gasteiger partial charge in [-0.3, -0.25) is 24.1 Å². The highest BCUT2D eigenvalue weighted by Gasteiger charge is 2.40. The average molecular weight is 398 g/mol. The maximum atomic E-state index is 13.0. The minimum absolute atomic E-state index is 0.269. The third kappa shape index (κ3) is 3.03. The molecule has 1 saturated heterocycles. The number of hydrogen-bond acceptors (Lipinski definition) is 4. The second-order valence-electron chi connectivity index (χ2n) is 6.58. The lowest BCUT2D eigenvalue weighted by atomic mass is 10.0. The first-order valence-corrected chi connectivity index (χ1v) is 9.13. The van der Waals surface area contributed by atoms with Gasteiger partial charge < -0.3 is 10.2 Å². The van der Waals surface area contributed by atoms with Crippen LogP contribution in [0.3, 0.4) is 0 Å². The number of carbonyl (C=O) groups excluding carboxylic acids is 4. The number of fused-ring (bicyclic) bond motifs is 1. The number of carbonyl (C=O) groups is 4. The highest BCUT2D eigenvalue weighted by atomic mass is 35.5. The van der Waals surface area contributed by atoms with Gasteiger partial charge in [0.2, 0.25) is 11.8 Å². The van der Waals surface area contributed by atoms with Crippen molar-refractivity contribution in [2.24, 2.45) is 0 Å². The van der Waals surface area contributed by atoms with Crippen LogP contribution in [0.2, 0.25) is 5.02 Å². The van der Waals surface area contributed by atoms with Crippen molar-refractivity contribution < 1.29 is 19.2 Å². The number of rotatable bonds is 3. The van der Waals surface area contributed by atoms with Gasteiger partial charge in [0.1, 0.15) is 12.6 Å². The Kier molecular flexibility index (Phi) is 4.60. The Hall–Kier alpha value is -3.19. The quantitative estimate of drug-likeness (QED) is 0.797. The van der Waals surface area contributed by atoms with Gasteiger partial charge in [0.15, 0.2) is 0 Å². The lowest BCUT2D eigenvalue weighted by Crippen LogP contribution is -2.54. The normalized spacial score (nSPS) is 18.9. The average Bonchev–Trinajstić information content (AvgIpc) is 2.93. The topological polar surface area (TPSA) is 86.8 Å². The van der Waals surface area contributed by atoms with Gasteiger partial charge in [0.05, 0.1) is 11.1 Å². The summed E-state index contributed by atoms with van der Waals surface area (Å²) in [6.45, 7) is 0.144. The molecule has 0 aliphatic carbocycles. The minimum Gasteiger partial charge on any atom is -0.352 e. The second-order valence-corrected chi connectivity index (χ2v) is 7.01. The predicted octanol–water partition coefficient (Wildman–Crippen LogP) is 1.64. The van der Waals surface area contributed by atoms with E-state index in [1.807, 2.05) is 0 Å². The Morgan fingerprint density at radius 3 is 2.36 bits per heavy atom. The number of amides is 4. The minimum atomic E-state index is -0.866. The number of halogens is 1. The lowest BCUT2D eigenvalue weighted by Gasteiger charge is -2.36.